The van der Waals surface area contributed by atoms with E-state index in [0.29, 0.717) is 42.9 Å². The molecule has 5 heteroatoms. The van der Waals surface area contributed by atoms with E-state index in [1.165, 1.54) is 0 Å². The number of benzene rings is 1. The molecule has 0 atom stereocenters. The lowest BCUT2D eigenvalue weighted by atomic mass is 10.3. The second kappa shape index (κ2) is 8.17. The zero-order chi connectivity index (χ0) is 12.5. The first kappa shape index (κ1) is 14.1. The van der Waals surface area contributed by atoms with Crippen LogP contribution in [0.1, 0.15) is 0 Å². The van der Waals surface area contributed by atoms with Gasteiger partial charge in [-0.05, 0) is 12.1 Å². The monoisotopic (exact) mass is 260 g/mol. The van der Waals surface area contributed by atoms with Gasteiger partial charge in [-0.15, -0.1) is 0 Å². The van der Waals surface area contributed by atoms with Crippen molar-refractivity contribution in [2.75, 3.05) is 40.6 Å². The lowest BCUT2D eigenvalue weighted by Crippen LogP contribution is -2.06. The number of rotatable bonds is 8. The van der Waals surface area contributed by atoms with Crippen molar-refractivity contribution < 1.29 is 18.9 Å². The van der Waals surface area contributed by atoms with Gasteiger partial charge in [0.1, 0.15) is 24.7 Å². The average Bonchev–Trinajstić information content (AvgIpc) is 2.29. The molecule has 17 heavy (non-hydrogen) atoms. The summed E-state index contributed by atoms with van der Waals surface area (Å²) in [7, 11) is 3.25. The van der Waals surface area contributed by atoms with Crippen molar-refractivity contribution in [3.63, 3.8) is 0 Å². The zero-order valence-corrected chi connectivity index (χ0v) is 10.8. The summed E-state index contributed by atoms with van der Waals surface area (Å²) in [6, 6.07) is 5.26. The second-order valence-electron chi connectivity index (χ2n) is 3.31. The highest BCUT2D eigenvalue weighted by molar-refractivity contribution is 6.30. The van der Waals surface area contributed by atoms with E-state index in [2.05, 4.69) is 0 Å². The number of halogens is 1. The molecule has 0 aliphatic carbocycles. The second-order valence-corrected chi connectivity index (χ2v) is 3.74. The maximum Gasteiger partial charge on any atom is 0.124 e. The molecule has 0 radical (unpaired) electrons. The molecule has 4 nitrogen and oxygen atoms in total. The summed E-state index contributed by atoms with van der Waals surface area (Å²) in [6.07, 6.45) is 0. The van der Waals surface area contributed by atoms with E-state index in [4.69, 9.17) is 30.5 Å². The molecule has 0 N–H and O–H groups in total. The fourth-order valence-electron chi connectivity index (χ4n) is 1.19. The first-order valence-electron chi connectivity index (χ1n) is 5.30. The van der Waals surface area contributed by atoms with Crippen molar-refractivity contribution in [1.82, 2.24) is 0 Å². The van der Waals surface area contributed by atoms with Crippen LogP contribution in [0, 0.1) is 0 Å². The van der Waals surface area contributed by atoms with Gasteiger partial charge < -0.3 is 18.9 Å². The molecule has 0 heterocycles. The van der Waals surface area contributed by atoms with Crippen LogP contribution in [0.3, 0.4) is 0 Å². The summed E-state index contributed by atoms with van der Waals surface area (Å²) in [5.41, 5.74) is 0. The molecular weight excluding hydrogens is 244 g/mol. The maximum absolute atomic E-state index is 5.95. The molecule has 0 aromatic heterocycles. The molecular formula is C12H17ClO4. The Labute approximate surface area is 106 Å². The summed E-state index contributed by atoms with van der Waals surface area (Å²) in [6.45, 7) is 2.03. The van der Waals surface area contributed by atoms with E-state index >= 15 is 0 Å². The smallest absolute Gasteiger partial charge is 0.124 e. The van der Waals surface area contributed by atoms with E-state index in [1.807, 2.05) is 0 Å². The first-order chi connectivity index (χ1) is 8.26. The van der Waals surface area contributed by atoms with Gasteiger partial charge in [0.05, 0.1) is 13.2 Å². The average molecular weight is 261 g/mol. The molecule has 1 rings (SSSR count). The van der Waals surface area contributed by atoms with Crippen LogP contribution in [0.5, 0.6) is 11.5 Å². The molecule has 1 aromatic rings. The molecule has 0 saturated heterocycles. The van der Waals surface area contributed by atoms with Crippen LogP contribution in [0.2, 0.25) is 5.02 Å². The minimum absolute atomic E-state index is 0.481. The van der Waals surface area contributed by atoms with Crippen molar-refractivity contribution in [2.24, 2.45) is 0 Å². The molecule has 0 aliphatic rings. The highest BCUT2D eigenvalue weighted by Crippen LogP contribution is 2.26. The van der Waals surface area contributed by atoms with E-state index in [0.717, 1.165) is 0 Å². The summed E-state index contributed by atoms with van der Waals surface area (Å²) < 4.78 is 20.7. The van der Waals surface area contributed by atoms with Gasteiger partial charge in [-0.25, -0.2) is 0 Å². The Bertz CT molecular complexity index is 302. The molecule has 0 amide bonds. The quantitative estimate of drug-likeness (QED) is 0.673. The summed E-state index contributed by atoms with van der Waals surface area (Å²) in [5.74, 6) is 1.34. The molecule has 0 bridgehead atoms. The minimum atomic E-state index is 0.481. The predicted molar refractivity (Wildman–Crippen MR) is 66.2 cm³/mol. The summed E-state index contributed by atoms with van der Waals surface area (Å²) in [5, 5.41) is 0.576. The van der Waals surface area contributed by atoms with Crippen molar-refractivity contribution in [3.8, 4) is 11.5 Å². The van der Waals surface area contributed by atoms with Gasteiger partial charge in [0.25, 0.3) is 0 Å². The molecule has 1 aromatic carbocycles. The van der Waals surface area contributed by atoms with Gasteiger partial charge in [-0.3, -0.25) is 0 Å². The van der Waals surface area contributed by atoms with E-state index < -0.39 is 0 Å². The minimum Gasteiger partial charge on any atom is -0.491 e. The lowest BCUT2D eigenvalue weighted by molar-refractivity contribution is 0.142. The Kier molecular flexibility index (Phi) is 6.77. The first-order valence-corrected chi connectivity index (χ1v) is 5.68. The molecule has 0 saturated carbocycles. The number of methoxy groups -OCH3 is 2. The molecule has 0 spiro atoms. The Hall–Kier alpha value is -0.970. The third-order valence-corrected chi connectivity index (χ3v) is 2.18. The molecule has 0 fully saturated rings. The number of hydrogen-bond acceptors (Lipinski definition) is 4. The topological polar surface area (TPSA) is 36.9 Å². The molecule has 0 unspecified atom stereocenters. The fraction of sp³-hybridized carbons (Fsp3) is 0.500. The van der Waals surface area contributed by atoms with Crippen molar-refractivity contribution in [1.29, 1.82) is 0 Å². The van der Waals surface area contributed by atoms with Crippen LogP contribution in [-0.4, -0.2) is 40.6 Å². The molecule has 0 aliphatic heterocycles. The Morgan fingerprint density at radius 1 is 0.824 bits per heavy atom. The lowest BCUT2D eigenvalue weighted by Gasteiger charge is -2.10. The Morgan fingerprint density at radius 2 is 1.29 bits per heavy atom. The summed E-state index contributed by atoms with van der Waals surface area (Å²) >= 11 is 5.95. The van der Waals surface area contributed by atoms with E-state index in [1.54, 1.807) is 32.4 Å². The fourth-order valence-corrected chi connectivity index (χ4v) is 1.40. The standard InChI is InChI=1S/C12H17ClO4/c1-14-3-5-16-11-7-10(13)8-12(9-11)17-6-4-15-2/h7-9H,3-6H2,1-2H3. The van der Waals surface area contributed by atoms with Crippen LogP contribution in [-0.2, 0) is 9.47 Å². The summed E-state index contributed by atoms with van der Waals surface area (Å²) in [4.78, 5) is 0. The van der Waals surface area contributed by atoms with Gasteiger partial charge >= 0.3 is 0 Å². The van der Waals surface area contributed by atoms with Crippen molar-refractivity contribution >= 4 is 11.6 Å². The zero-order valence-electron chi connectivity index (χ0n) is 10.1. The maximum atomic E-state index is 5.95. The third-order valence-electron chi connectivity index (χ3n) is 1.96. The van der Waals surface area contributed by atoms with E-state index in [9.17, 15) is 0 Å². The van der Waals surface area contributed by atoms with Crippen molar-refractivity contribution in [2.45, 2.75) is 0 Å². The normalized spacial score (nSPS) is 10.3. The van der Waals surface area contributed by atoms with Crippen LogP contribution in [0.25, 0.3) is 0 Å². The van der Waals surface area contributed by atoms with Crippen molar-refractivity contribution in [3.05, 3.63) is 23.2 Å². The number of ether oxygens (including phenoxy) is 4. The Balaban J connectivity index is 2.53. The van der Waals surface area contributed by atoms with Gasteiger partial charge in [-0.2, -0.15) is 0 Å². The van der Waals surface area contributed by atoms with Crippen LogP contribution >= 0.6 is 11.6 Å². The Morgan fingerprint density at radius 3 is 1.71 bits per heavy atom. The highest BCUT2D eigenvalue weighted by Gasteiger charge is 2.02. The molecule has 96 valence electrons. The van der Waals surface area contributed by atoms with Gasteiger partial charge in [0, 0.05) is 25.3 Å². The largest absolute Gasteiger partial charge is 0.491 e. The number of hydrogen-bond donors (Lipinski definition) is 0. The van der Waals surface area contributed by atoms with Gasteiger partial charge in [0.2, 0.25) is 0 Å². The third kappa shape index (κ3) is 5.77. The SMILES string of the molecule is COCCOc1cc(Cl)cc(OCCOC)c1. The van der Waals surface area contributed by atoms with Crippen LogP contribution in [0.4, 0.5) is 0 Å². The highest BCUT2D eigenvalue weighted by atomic mass is 35.5. The van der Waals surface area contributed by atoms with Crippen LogP contribution < -0.4 is 9.47 Å². The van der Waals surface area contributed by atoms with Gasteiger partial charge in [-0.1, -0.05) is 11.6 Å². The van der Waals surface area contributed by atoms with Crippen LogP contribution in [0.15, 0.2) is 18.2 Å². The predicted octanol–water partition coefficient (Wildman–Crippen LogP) is 2.39. The van der Waals surface area contributed by atoms with E-state index in [-0.39, 0.29) is 0 Å². The van der Waals surface area contributed by atoms with Gasteiger partial charge in [0.15, 0.2) is 0 Å².